The summed E-state index contributed by atoms with van der Waals surface area (Å²) in [5, 5.41) is 9.33. The summed E-state index contributed by atoms with van der Waals surface area (Å²) in [6.07, 6.45) is -7.39. The average Bonchev–Trinajstić information content (AvgIpc) is 2.65. The normalized spacial score (nSPS) is 13.9. The largest absolute Gasteiger partial charge is 0.497 e. The number of halogens is 4. The monoisotopic (exact) mass is 297 g/mol. The van der Waals surface area contributed by atoms with E-state index in [1.54, 1.807) is 0 Å². The van der Waals surface area contributed by atoms with Gasteiger partial charge >= 0.3 is 6.18 Å². The molecule has 0 radical (unpaired) electrons. The molecule has 98 valence electrons. The number of hydrogen-bond acceptors (Lipinski definition) is 4. The van der Waals surface area contributed by atoms with Crippen LogP contribution in [0.1, 0.15) is 11.7 Å². The molecule has 18 heavy (non-hydrogen) atoms. The molecule has 1 N–H and O–H groups in total. The average molecular weight is 298 g/mol. The van der Waals surface area contributed by atoms with E-state index in [1.165, 1.54) is 13.2 Å². The van der Waals surface area contributed by atoms with Crippen molar-refractivity contribution < 1.29 is 23.0 Å². The molecule has 8 heteroatoms. The lowest BCUT2D eigenvalue weighted by molar-refractivity contribution is -0.206. The molecule has 0 aliphatic carbocycles. The van der Waals surface area contributed by atoms with E-state index in [0.29, 0.717) is 4.70 Å². The highest BCUT2D eigenvalue weighted by Crippen LogP contribution is 2.40. The number of thiazole rings is 1. The lowest BCUT2D eigenvalue weighted by atomic mass is 10.1. The number of methoxy groups -OCH3 is 1. The number of nitrogens with zero attached hydrogens (tertiary/aromatic N) is 1. The molecule has 3 nitrogen and oxygen atoms in total. The van der Waals surface area contributed by atoms with Crippen LogP contribution in [0.3, 0.4) is 0 Å². The molecule has 1 unspecified atom stereocenters. The van der Waals surface area contributed by atoms with Gasteiger partial charge in [-0.05, 0) is 12.1 Å². The van der Waals surface area contributed by atoms with Gasteiger partial charge in [0.05, 0.1) is 17.3 Å². The van der Waals surface area contributed by atoms with Crippen molar-refractivity contribution in [2.24, 2.45) is 0 Å². The number of ether oxygens (including phenoxy) is 1. The van der Waals surface area contributed by atoms with Gasteiger partial charge < -0.3 is 9.84 Å². The summed E-state index contributed by atoms with van der Waals surface area (Å²) in [6.45, 7) is 0. The maximum atomic E-state index is 12.6. The first kappa shape index (κ1) is 13.4. The Morgan fingerprint density at radius 1 is 1.44 bits per heavy atom. The van der Waals surface area contributed by atoms with Crippen LogP contribution in [0.2, 0.25) is 4.47 Å². The Morgan fingerprint density at radius 3 is 2.67 bits per heavy atom. The molecule has 0 bridgehead atoms. The van der Waals surface area contributed by atoms with Gasteiger partial charge in [-0.25, -0.2) is 4.98 Å². The third kappa shape index (κ3) is 2.38. The van der Waals surface area contributed by atoms with Crippen LogP contribution in [0.25, 0.3) is 10.2 Å². The number of aliphatic hydroxyl groups is 1. The molecule has 0 saturated carbocycles. The van der Waals surface area contributed by atoms with Gasteiger partial charge in [-0.3, -0.25) is 0 Å². The van der Waals surface area contributed by atoms with Crippen LogP contribution in [0.5, 0.6) is 5.75 Å². The zero-order chi connectivity index (χ0) is 13.5. The van der Waals surface area contributed by atoms with Gasteiger partial charge in [0.2, 0.25) is 0 Å². The number of alkyl halides is 3. The fourth-order valence-corrected chi connectivity index (χ4v) is 2.59. The second kappa shape index (κ2) is 4.56. The van der Waals surface area contributed by atoms with E-state index < -0.39 is 12.3 Å². The Hall–Kier alpha value is -1.05. The third-order valence-corrected chi connectivity index (χ3v) is 3.42. The summed E-state index contributed by atoms with van der Waals surface area (Å²) in [4.78, 5) is 3.79. The summed E-state index contributed by atoms with van der Waals surface area (Å²) in [5.74, 6) is 0.209. The fraction of sp³-hybridized carbons (Fsp3) is 0.300. The van der Waals surface area contributed by atoms with Crippen LogP contribution in [0, 0.1) is 0 Å². The predicted octanol–water partition coefficient (Wildman–Crippen LogP) is 3.55. The van der Waals surface area contributed by atoms with Crippen LogP contribution in [0.15, 0.2) is 12.1 Å². The van der Waals surface area contributed by atoms with Gasteiger partial charge in [-0.15, -0.1) is 11.3 Å². The number of benzene rings is 1. The minimum atomic E-state index is -4.77. The lowest BCUT2D eigenvalue weighted by Gasteiger charge is -2.16. The van der Waals surface area contributed by atoms with Crippen LogP contribution < -0.4 is 4.74 Å². The molecule has 0 fully saturated rings. The van der Waals surface area contributed by atoms with Gasteiger partial charge in [0.25, 0.3) is 0 Å². The van der Waals surface area contributed by atoms with E-state index in [1.807, 2.05) is 0 Å². The molecule has 2 rings (SSSR count). The Balaban J connectivity index is 2.67. The van der Waals surface area contributed by atoms with Gasteiger partial charge in [0, 0.05) is 5.56 Å². The van der Waals surface area contributed by atoms with Crippen molar-refractivity contribution in [3.8, 4) is 5.75 Å². The molecule has 1 heterocycles. The van der Waals surface area contributed by atoms with E-state index in [4.69, 9.17) is 16.3 Å². The van der Waals surface area contributed by atoms with Crippen molar-refractivity contribution in [1.82, 2.24) is 4.98 Å². The van der Waals surface area contributed by atoms with Gasteiger partial charge in [-0.2, -0.15) is 13.2 Å². The Labute approximate surface area is 109 Å². The van der Waals surface area contributed by atoms with Crippen molar-refractivity contribution in [3.63, 3.8) is 0 Å². The smallest absolute Gasteiger partial charge is 0.418 e. The molecular weight excluding hydrogens is 291 g/mol. The first-order valence-electron chi connectivity index (χ1n) is 4.71. The number of rotatable bonds is 2. The van der Waals surface area contributed by atoms with E-state index in [-0.39, 0.29) is 21.3 Å². The van der Waals surface area contributed by atoms with Gasteiger partial charge in [0.15, 0.2) is 10.6 Å². The van der Waals surface area contributed by atoms with Crippen LogP contribution in [0.4, 0.5) is 13.2 Å². The first-order valence-corrected chi connectivity index (χ1v) is 5.91. The van der Waals surface area contributed by atoms with Crippen LogP contribution in [-0.4, -0.2) is 23.4 Å². The number of hydrogen-bond donors (Lipinski definition) is 1. The van der Waals surface area contributed by atoms with Crippen LogP contribution in [-0.2, 0) is 0 Å². The van der Waals surface area contributed by atoms with E-state index in [2.05, 4.69) is 4.98 Å². The fourth-order valence-electron chi connectivity index (χ4n) is 1.50. The molecular formula is C10H7ClF3NO2S. The zero-order valence-electron chi connectivity index (χ0n) is 8.95. The lowest BCUT2D eigenvalue weighted by Crippen LogP contribution is -2.20. The number of aliphatic hydroxyl groups excluding tert-OH is 1. The second-order valence-electron chi connectivity index (χ2n) is 3.47. The molecule has 0 amide bonds. The molecule has 0 saturated heterocycles. The summed E-state index contributed by atoms with van der Waals surface area (Å²) in [7, 11) is 1.33. The van der Waals surface area contributed by atoms with Gasteiger partial charge in [-0.1, -0.05) is 11.6 Å². The SMILES string of the molecule is COc1cc(C(O)C(F)(F)F)c2nc(Cl)sc2c1. The van der Waals surface area contributed by atoms with Crippen molar-refractivity contribution in [3.05, 3.63) is 22.2 Å². The minimum absolute atomic E-state index is 0.0376. The number of aromatic nitrogens is 1. The minimum Gasteiger partial charge on any atom is -0.497 e. The molecule has 0 spiro atoms. The summed E-state index contributed by atoms with van der Waals surface area (Å²) >= 11 is 6.69. The van der Waals surface area contributed by atoms with E-state index in [0.717, 1.165) is 17.4 Å². The Morgan fingerprint density at radius 2 is 2.11 bits per heavy atom. The van der Waals surface area contributed by atoms with E-state index >= 15 is 0 Å². The topological polar surface area (TPSA) is 42.4 Å². The Kier molecular flexibility index (Phi) is 3.39. The maximum Gasteiger partial charge on any atom is 0.418 e. The van der Waals surface area contributed by atoms with Crippen molar-refractivity contribution in [2.75, 3.05) is 7.11 Å². The molecule has 0 aliphatic rings. The van der Waals surface area contributed by atoms with Crippen LogP contribution >= 0.6 is 22.9 Å². The predicted molar refractivity (Wildman–Crippen MR) is 62.2 cm³/mol. The highest BCUT2D eigenvalue weighted by Gasteiger charge is 2.41. The van der Waals surface area contributed by atoms with Gasteiger partial charge in [0.1, 0.15) is 5.75 Å². The molecule has 0 aliphatic heterocycles. The highest BCUT2D eigenvalue weighted by molar-refractivity contribution is 7.22. The van der Waals surface area contributed by atoms with E-state index in [9.17, 15) is 18.3 Å². The second-order valence-corrected chi connectivity index (χ2v) is 5.09. The number of fused-ring (bicyclic) bond motifs is 1. The molecule has 1 atom stereocenters. The molecule has 1 aromatic carbocycles. The van der Waals surface area contributed by atoms with Crippen molar-refractivity contribution >= 4 is 33.2 Å². The van der Waals surface area contributed by atoms with Crippen molar-refractivity contribution in [2.45, 2.75) is 12.3 Å². The zero-order valence-corrected chi connectivity index (χ0v) is 10.5. The summed E-state index contributed by atoms with van der Waals surface area (Å²) < 4.78 is 43.1. The third-order valence-electron chi connectivity index (χ3n) is 2.31. The quantitative estimate of drug-likeness (QED) is 0.921. The maximum absolute atomic E-state index is 12.6. The molecule has 1 aromatic heterocycles. The first-order chi connectivity index (χ1) is 8.32. The summed E-state index contributed by atoms with van der Waals surface area (Å²) in [6, 6.07) is 2.63. The Bertz CT molecular complexity index is 584. The van der Waals surface area contributed by atoms with Crippen molar-refractivity contribution in [1.29, 1.82) is 0 Å². The molecule has 2 aromatic rings. The highest BCUT2D eigenvalue weighted by atomic mass is 35.5. The summed E-state index contributed by atoms with van der Waals surface area (Å²) in [5.41, 5.74) is -0.323. The standard InChI is InChI=1S/C10H7ClF3NO2S/c1-17-4-2-5(8(16)10(12,13)14)7-6(3-4)18-9(11)15-7/h2-3,8,16H,1H3.